The molecule has 0 saturated heterocycles. The minimum absolute atomic E-state index is 0.0186. The Balaban J connectivity index is 1.88. The number of anilines is 2. The molecule has 26 heavy (non-hydrogen) atoms. The van der Waals surface area contributed by atoms with E-state index in [0.717, 1.165) is 19.3 Å². The van der Waals surface area contributed by atoms with Crippen molar-refractivity contribution >= 4 is 56.4 Å². The third-order valence-corrected chi connectivity index (χ3v) is 4.07. The first-order valence-electron chi connectivity index (χ1n) is 8.25. The van der Waals surface area contributed by atoms with Gasteiger partial charge in [-0.2, -0.15) is 0 Å². The molecule has 138 valence electrons. The molecule has 0 aliphatic heterocycles. The van der Waals surface area contributed by atoms with E-state index in [4.69, 9.17) is 16.6 Å². The first kappa shape index (κ1) is 20.1. The van der Waals surface area contributed by atoms with Gasteiger partial charge in [0, 0.05) is 17.8 Å². The lowest BCUT2D eigenvalue weighted by Crippen LogP contribution is -2.33. The topological polar surface area (TPSA) is 83.4 Å². The van der Waals surface area contributed by atoms with E-state index in [0.29, 0.717) is 22.5 Å². The molecule has 3 N–H and O–H groups in total. The Hall–Kier alpha value is -2.19. The zero-order valence-electron chi connectivity index (χ0n) is 14.3. The normalized spacial score (nSPS) is 10.2. The molecule has 0 radical (unpaired) electrons. The van der Waals surface area contributed by atoms with Crippen molar-refractivity contribution in [2.24, 2.45) is 0 Å². The summed E-state index contributed by atoms with van der Waals surface area (Å²) in [5, 5.41) is 8.43. The summed E-state index contributed by atoms with van der Waals surface area (Å²) in [7, 11) is 0. The first-order chi connectivity index (χ1) is 12.5. The number of carbonyl (C=O) groups excluding carboxylic acids is 2. The van der Waals surface area contributed by atoms with Gasteiger partial charge in [0.05, 0.1) is 0 Å². The molecule has 0 fully saturated rings. The van der Waals surface area contributed by atoms with Crippen LogP contribution >= 0.6 is 28.1 Å². The monoisotopic (exact) mass is 437 g/mol. The fourth-order valence-corrected chi connectivity index (χ4v) is 2.71. The van der Waals surface area contributed by atoms with Crippen LogP contribution in [-0.4, -0.2) is 16.9 Å². The highest BCUT2D eigenvalue weighted by Crippen LogP contribution is 2.16. The maximum Gasteiger partial charge on any atom is 0.293 e. The standard InChI is InChI=1S/C18H20BrN3O3S/c1-2-3-4-8-16(23)20-12-6-5-7-13(11-12)21-18(26)22-17(24)14-9-10-15(19)25-14/h5-7,9-11H,2-4,8H2,1H3,(H,20,23)(H2,21,22,24,26). The summed E-state index contributed by atoms with van der Waals surface area (Å²) in [6.45, 7) is 2.10. The molecule has 8 heteroatoms. The van der Waals surface area contributed by atoms with Gasteiger partial charge in [-0.15, -0.1) is 0 Å². The van der Waals surface area contributed by atoms with Gasteiger partial charge < -0.3 is 15.1 Å². The number of amides is 2. The van der Waals surface area contributed by atoms with Crippen LogP contribution in [0.2, 0.25) is 0 Å². The zero-order valence-corrected chi connectivity index (χ0v) is 16.7. The third-order valence-electron chi connectivity index (χ3n) is 3.44. The summed E-state index contributed by atoms with van der Waals surface area (Å²) in [5.74, 6) is -0.322. The maximum absolute atomic E-state index is 12.0. The largest absolute Gasteiger partial charge is 0.444 e. The van der Waals surface area contributed by atoms with Gasteiger partial charge in [0.15, 0.2) is 15.5 Å². The Morgan fingerprint density at radius 2 is 1.85 bits per heavy atom. The van der Waals surface area contributed by atoms with E-state index in [1.807, 2.05) is 0 Å². The molecule has 6 nitrogen and oxygen atoms in total. The molecule has 2 amide bonds. The smallest absolute Gasteiger partial charge is 0.293 e. The maximum atomic E-state index is 12.0. The fourth-order valence-electron chi connectivity index (χ4n) is 2.20. The van der Waals surface area contributed by atoms with Crippen LogP contribution in [0.4, 0.5) is 11.4 Å². The van der Waals surface area contributed by atoms with Crippen molar-refractivity contribution < 1.29 is 14.0 Å². The lowest BCUT2D eigenvalue weighted by Gasteiger charge is -2.11. The number of unbranched alkanes of at least 4 members (excludes halogenated alkanes) is 2. The highest BCUT2D eigenvalue weighted by atomic mass is 79.9. The summed E-state index contributed by atoms with van der Waals surface area (Å²) >= 11 is 8.27. The second-order valence-corrected chi connectivity index (χ2v) is 6.79. The van der Waals surface area contributed by atoms with Crippen molar-refractivity contribution in [2.75, 3.05) is 10.6 Å². The number of rotatable bonds is 7. The van der Waals surface area contributed by atoms with E-state index in [2.05, 4.69) is 38.8 Å². The van der Waals surface area contributed by atoms with E-state index in [9.17, 15) is 9.59 Å². The number of nitrogens with one attached hydrogen (secondary N) is 3. The van der Waals surface area contributed by atoms with Crippen molar-refractivity contribution in [3.05, 3.63) is 46.8 Å². The molecule has 2 aromatic rings. The minimum atomic E-state index is -0.450. The van der Waals surface area contributed by atoms with Crippen LogP contribution in [0.15, 0.2) is 45.5 Å². The molecule has 0 atom stereocenters. The lowest BCUT2D eigenvalue weighted by atomic mass is 10.2. The molecular weight excluding hydrogens is 418 g/mol. The van der Waals surface area contributed by atoms with Crippen LogP contribution in [0.5, 0.6) is 0 Å². The molecule has 0 aliphatic rings. The van der Waals surface area contributed by atoms with Crippen molar-refractivity contribution in [3.8, 4) is 0 Å². The quantitative estimate of drug-likeness (QED) is 0.432. The van der Waals surface area contributed by atoms with Gasteiger partial charge in [-0.3, -0.25) is 14.9 Å². The van der Waals surface area contributed by atoms with Crippen LogP contribution in [0, 0.1) is 0 Å². The number of hydrogen-bond donors (Lipinski definition) is 3. The van der Waals surface area contributed by atoms with E-state index >= 15 is 0 Å². The Kier molecular flexibility index (Phi) is 7.80. The molecule has 1 aromatic carbocycles. The number of benzene rings is 1. The molecule has 0 unspecified atom stereocenters. The van der Waals surface area contributed by atoms with Gasteiger partial charge in [-0.25, -0.2) is 0 Å². The SMILES string of the molecule is CCCCCC(=O)Nc1cccc(NC(=S)NC(=O)c2ccc(Br)o2)c1. The van der Waals surface area contributed by atoms with Crippen LogP contribution < -0.4 is 16.0 Å². The van der Waals surface area contributed by atoms with E-state index in [1.54, 1.807) is 30.3 Å². The summed E-state index contributed by atoms with van der Waals surface area (Å²) in [4.78, 5) is 23.9. The molecule has 0 spiro atoms. The Bertz CT molecular complexity index is 791. The van der Waals surface area contributed by atoms with Crippen LogP contribution in [-0.2, 0) is 4.79 Å². The fraction of sp³-hybridized carbons (Fsp3) is 0.278. The summed E-state index contributed by atoms with van der Waals surface area (Å²) in [5.41, 5.74) is 1.32. The predicted molar refractivity (Wildman–Crippen MR) is 109 cm³/mol. The molecule has 1 aromatic heterocycles. The second-order valence-electron chi connectivity index (χ2n) is 5.60. The van der Waals surface area contributed by atoms with Gasteiger partial charge >= 0.3 is 0 Å². The Morgan fingerprint density at radius 3 is 2.50 bits per heavy atom. The van der Waals surface area contributed by atoms with Gasteiger partial charge in [-0.1, -0.05) is 25.8 Å². The van der Waals surface area contributed by atoms with Crippen molar-refractivity contribution in [1.29, 1.82) is 0 Å². The minimum Gasteiger partial charge on any atom is -0.444 e. The molecule has 1 heterocycles. The van der Waals surface area contributed by atoms with Crippen LogP contribution in [0.1, 0.15) is 43.2 Å². The average molecular weight is 438 g/mol. The number of hydrogen-bond acceptors (Lipinski definition) is 4. The molecule has 0 bridgehead atoms. The van der Waals surface area contributed by atoms with E-state index < -0.39 is 5.91 Å². The molecule has 0 aliphatic carbocycles. The summed E-state index contributed by atoms with van der Waals surface area (Å²) < 4.78 is 5.63. The first-order valence-corrected chi connectivity index (χ1v) is 9.45. The van der Waals surface area contributed by atoms with Crippen LogP contribution in [0.25, 0.3) is 0 Å². The number of carbonyl (C=O) groups is 2. The Labute approximate surface area is 165 Å². The van der Waals surface area contributed by atoms with Gasteiger partial charge in [-0.05, 0) is 64.9 Å². The molecule has 2 rings (SSSR count). The molecular formula is C18H20BrN3O3S. The number of halogens is 1. The van der Waals surface area contributed by atoms with Gasteiger partial charge in [0.25, 0.3) is 5.91 Å². The Morgan fingerprint density at radius 1 is 1.12 bits per heavy atom. The highest BCUT2D eigenvalue weighted by Gasteiger charge is 2.12. The third kappa shape index (κ3) is 6.61. The zero-order chi connectivity index (χ0) is 18.9. The van der Waals surface area contributed by atoms with Crippen molar-refractivity contribution in [2.45, 2.75) is 32.6 Å². The second kappa shape index (κ2) is 10.1. The van der Waals surface area contributed by atoms with Crippen molar-refractivity contribution in [1.82, 2.24) is 5.32 Å². The van der Waals surface area contributed by atoms with Gasteiger partial charge in [0.1, 0.15) is 0 Å². The predicted octanol–water partition coefficient (Wildman–Crippen LogP) is 4.69. The van der Waals surface area contributed by atoms with Crippen molar-refractivity contribution in [3.63, 3.8) is 0 Å². The highest BCUT2D eigenvalue weighted by molar-refractivity contribution is 9.10. The number of furan rings is 1. The lowest BCUT2D eigenvalue weighted by molar-refractivity contribution is -0.116. The van der Waals surface area contributed by atoms with Crippen LogP contribution in [0.3, 0.4) is 0 Å². The summed E-state index contributed by atoms with van der Waals surface area (Å²) in [6.07, 6.45) is 3.48. The van der Waals surface area contributed by atoms with Gasteiger partial charge in [0.2, 0.25) is 5.91 Å². The number of thiocarbonyl (C=S) groups is 1. The van der Waals surface area contributed by atoms with E-state index in [1.165, 1.54) is 6.07 Å². The summed E-state index contributed by atoms with van der Waals surface area (Å²) in [6, 6.07) is 10.3. The average Bonchev–Trinajstić information content (AvgIpc) is 3.02. The molecule has 0 saturated carbocycles. The van der Waals surface area contributed by atoms with E-state index in [-0.39, 0.29) is 16.8 Å².